The lowest BCUT2D eigenvalue weighted by Gasteiger charge is -2.33. The molecule has 1 saturated heterocycles. The molecule has 1 N–H and O–H groups in total. The number of nitrogens with one attached hydrogen (secondary N) is 1. The number of likely N-dealkylation sites (N-methyl/N-ethyl adjacent to an activating group) is 2. The maximum Gasteiger partial charge on any atom is 0.194 e. The zero-order valence-corrected chi connectivity index (χ0v) is 20.5. The smallest absolute Gasteiger partial charge is 0.194 e. The van der Waals surface area contributed by atoms with Gasteiger partial charge in [-0.3, -0.25) is 0 Å². The van der Waals surface area contributed by atoms with Gasteiger partial charge in [0.15, 0.2) is 5.96 Å². The second-order valence-corrected chi connectivity index (χ2v) is 7.92. The number of rotatable bonds is 9. The van der Waals surface area contributed by atoms with Crippen molar-refractivity contribution in [1.82, 2.24) is 20.1 Å². The lowest BCUT2D eigenvalue weighted by atomic mass is 10.2. The molecule has 1 aliphatic carbocycles. The number of hydrogen-bond acceptors (Lipinski definition) is 5. The van der Waals surface area contributed by atoms with Gasteiger partial charge in [0.05, 0.1) is 13.2 Å². The molecular weight excluding hydrogens is 479 g/mol. The molecule has 2 fully saturated rings. The van der Waals surface area contributed by atoms with Crippen molar-refractivity contribution in [1.29, 1.82) is 0 Å². The Labute approximate surface area is 192 Å². The Morgan fingerprint density at radius 1 is 1.28 bits per heavy atom. The highest BCUT2D eigenvalue weighted by Gasteiger charge is 2.21. The number of guanidine groups is 1. The molecule has 0 spiro atoms. The van der Waals surface area contributed by atoms with Crippen LogP contribution in [0.15, 0.2) is 23.3 Å². The van der Waals surface area contributed by atoms with E-state index in [1.807, 2.05) is 6.20 Å². The second-order valence-electron chi connectivity index (χ2n) is 7.92. The monoisotopic (exact) mass is 516 g/mol. The molecule has 0 unspecified atom stereocenters. The summed E-state index contributed by atoms with van der Waals surface area (Å²) in [5.74, 6) is 2.80. The number of anilines is 1. The minimum absolute atomic E-state index is 0. The van der Waals surface area contributed by atoms with Crippen molar-refractivity contribution in [3.63, 3.8) is 0 Å². The molecule has 2 heterocycles. The van der Waals surface area contributed by atoms with Crippen molar-refractivity contribution in [2.75, 3.05) is 71.5 Å². The summed E-state index contributed by atoms with van der Waals surface area (Å²) >= 11 is 0. The Hall–Kier alpha value is -1.13. The average Bonchev–Trinajstić information content (AvgIpc) is 3.54. The van der Waals surface area contributed by atoms with E-state index in [0.717, 1.165) is 75.7 Å². The summed E-state index contributed by atoms with van der Waals surface area (Å²) in [5, 5.41) is 3.37. The fourth-order valence-electron chi connectivity index (χ4n) is 3.21. The first-order valence-corrected chi connectivity index (χ1v) is 10.6. The Kier molecular flexibility index (Phi) is 10.4. The molecule has 1 aliphatic heterocycles. The van der Waals surface area contributed by atoms with Crippen LogP contribution in [0.5, 0.6) is 0 Å². The van der Waals surface area contributed by atoms with E-state index >= 15 is 0 Å². The summed E-state index contributed by atoms with van der Waals surface area (Å²) in [7, 11) is 4.24. The summed E-state index contributed by atoms with van der Waals surface area (Å²) in [6.07, 6.45) is 4.63. The third-order valence-corrected chi connectivity index (χ3v) is 5.37. The molecule has 164 valence electrons. The quantitative estimate of drug-likeness (QED) is 0.235. The number of halogens is 1. The van der Waals surface area contributed by atoms with Gasteiger partial charge in [0.25, 0.3) is 0 Å². The number of nitrogens with zero attached hydrogens (tertiary/aromatic N) is 5. The number of aromatic nitrogens is 1. The van der Waals surface area contributed by atoms with E-state index in [2.05, 4.69) is 58.2 Å². The summed E-state index contributed by atoms with van der Waals surface area (Å²) in [4.78, 5) is 16.3. The maximum atomic E-state index is 5.75. The molecule has 0 aromatic carbocycles. The standard InChI is InChI=1S/C21H36N6O.HI/c1-4-22-21(26(3)13-14-28-17-18-5-6-18)24-16-19-7-8-20(23-15-19)27-11-9-25(2)10-12-27;/h7-8,15,18H,4-6,9-14,16-17H2,1-3H3,(H,22,24);1H. The van der Waals surface area contributed by atoms with Crippen molar-refractivity contribution in [2.24, 2.45) is 10.9 Å². The average molecular weight is 516 g/mol. The van der Waals surface area contributed by atoms with Gasteiger partial charge in [0.2, 0.25) is 0 Å². The van der Waals surface area contributed by atoms with Gasteiger partial charge in [-0.15, -0.1) is 24.0 Å². The van der Waals surface area contributed by atoms with Gasteiger partial charge in [-0.05, 0) is 44.4 Å². The zero-order chi connectivity index (χ0) is 19.8. The topological polar surface area (TPSA) is 56.2 Å². The number of aliphatic imine (C=N–C) groups is 1. The van der Waals surface area contributed by atoms with Crippen LogP contribution in [-0.2, 0) is 11.3 Å². The third kappa shape index (κ3) is 8.25. The summed E-state index contributed by atoms with van der Waals surface area (Å²) in [6.45, 7) is 10.4. The molecule has 29 heavy (non-hydrogen) atoms. The van der Waals surface area contributed by atoms with Gasteiger partial charge in [0.1, 0.15) is 5.82 Å². The van der Waals surface area contributed by atoms with E-state index in [1.54, 1.807) is 0 Å². The van der Waals surface area contributed by atoms with Crippen LogP contribution < -0.4 is 10.2 Å². The first-order chi connectivity index (χ1) is 13.7. The molecule has 1 saturated carbocycles. The molecule has 0 atom stereocenters. The van der Waals surface area contributed by atoms with Gasteiger partial charge in [0, 0.05) is 59.1 Å². The van der Waals surface area contributed by atoms with E-state index < -0.39 is 0 Å². The normalized spacial score (nSPS) is 17.8. The Bertz CT molecular complexity index is 614. The summed E-state index contributed by atoms with van der Waals surface area (Å²) < 4.78 is 5.75. The van der Waals surface area contributed by atoms with Crippen molar-refractivity contribution in [3.05, 3.63) is 23.9 Å². The maximum absolute atomic E-state index is 5.75. The van der Waals surface area contributed by atoms with Crippen molar-refractivity contribution in [3.8, 4) is 0 Å². The molecule has 2 aliphatic rings. The SMILES string of the molecule is CCNC(=NCc1ccc(N2CCN(C)CC2)nc1)N(C)CCOCC1CC1.I. The Morgan fingerprint density at radius 3 is 2.66 bits per heavy atom. The van der Waals surface area contributed by atoms with Crippen LogP contribution in [0.3, 0.4) is 0 Å². The summed E-state index contributed by atoms with van der Waals surface area (Å²) in [5.41, 5.74) is 1.13. The van der Waals surface area contributed by atoms with Crippen molar-refractivity contribution in [2.45, 2.75) is 26.3 Å². The highest BCUT2D eigenvalue weighted by atomic mass is 127. The highest BCUT2D eigenvalue weighted by molar-refractivity contribution is 14.0. The molecule has 0 radical (unpaired) electrons. The van der Waals surface area contributed by atoms with Crippen LogP contribution in [0.1, 0.15) is 25.3 Å². The van der Waals surface area contributed by atoms with E-state index in [4.69, 9.17) is 9.73 Å². The molecule has 3 rings (SSSR count). The molecule has 0 amide bonds. The van der Waals surface area contributed by atoms with Crippen LogP contribution in [0.2, 0.25) is 0 Å². The predicted molar refractivity (Wildman–Crippen MR) is 130 cm³/mol. The third-order valence-electron chi connectivity index (χ3n) is 5.37. The van der Waals surface area contributed by atoms with Gasteiger partial charge < -0.3 is 24.8 Å². The fraction of sp³-hybridized carbons (Fsp3) is 0.714. The lowest BCUT2D eigenvalue weighted by molar-refractivity contribution is 0.115. The predicted octanol–water partition coefficient (Wildman–Crippen LogP) is 2.28. The van der Waals surface area contributed by atoms with E-state index in [-0.39, 0.29) is 24.0 Å². The minimum Gasteiger partial charge on any atom is -0.379 e. The number of pyridine rings is 1. The zero-order valence-electron chi connectivity index (χ0n) is 18.1. The van der Waals surface area contributed by atoms with Crippen LogP contribution in [0.25, 0.3) is 0 Å². The van der Waals surface area contributed by atoms with Crippen molar-refractivity contribution < 1.29 is 4.74 Å². The molecule has 1 aromatic rings. The van der Waals surface area contributed by atoms with Crippen molar-refractivity contribution >= 4 is 35.8 Å². The number of ether oxygens (including phenoxy) is 1. The number of hydrogen-bond donors (Lipinski definition) is 1. The largest absolute Gasteiger partial charge is 0.379 e. The molecule has 7 nitrogen and oxygen atoms in total. The fourth-order valence-corrected chi connectivity index (χ4v) is 3.21. The van der Waals surface area contributed by atoms with Crippen LogP contribution in [0, 0.1) is 5.92 Å². The van der Waals surface area contributed by atoms with Gasteiger partial charge in [-0.25, -0.2) is 9.98 Å². The molecular formula is C21H37IN6O. The van der Waals surface area contributed by atoms with Gasteiger partial charge >= 0.3 is 0 Å². The van der Waals surface area contributed by atoms with Crippen LogP contribution in [0.4, 0.5) is 5.82 Å². The molecule has 0 bridgehead atoms. The molecule has 1 aromatic heterocycles. The van der Waals surface area contributed by atoms with Crippen LogP contribution >= 0.6 is 24.0 Å². The first-order valence-electron chi connectivity index (χ1n) is 10.6. The number of piperazine rings is 1. The Balaban J connectivity index is 0.00000300. The molecule has 8 heteroatoms. The first kappa shape index (κ1) is 24.1. The lowest BCUT2D eigenvalue weighted by Crippen LogP contribution is -2.44. The minimum atomic E-state index is 0. The van der Waals surface area contributed by atoms with Gasteiger partial charge in [-0.1, -0.05) is 6.07 Å². The second kappa shape index (κ2) is 12.5. The van der Waals surface area contributed by atoms with Gasteiger partial charge in [-0.2, -0.15) is 0 Å². The Morgan fingerprint density at radius 2 is 2.03 bits per heavy atom. The van der Waals surface area contributed by atoms with E-state index in [1.165, 1.54) is 12.8 Å². The van der Waals surface area contributed by atoms with Crippen LogP contribution in [-0.4, -0.2) is 87.3 Å². The highest BCUT2D eigenvalue weighted by Crippen LogP contribution is 2.28. The van der Waals surface area contributed by atoms with E-state index in [9.17, 15) is 0 Å². The van der Waals surface area contributed by atoms with E-state index in [0.29, 0.717) is 6.54 Å². The summed E-state index contributed by atoms with van der Waals surface area (Å²) in [6, 6.07) is 4.27.